The van der Waals surface area contributed by atoms with Crippen LogP contribution in [0.3, 0.4) is 0 Å². The SMILES string of the molecule is COc1ccc(CNC(=O)c2cccc(-n3nc(Nc4cccc(Cl)c4)c4cc(OC)ccc43)c2)c(OC)c1. The van der Waals surface area contributed by atoms with Crippen molar-refractivity contribution in [2.24, 2.45) is 0 Å². The minimum atomic E-state index is -0.217. The van der Waals surface area contributed by atoms with Crippen LogP contribution in [0.2, 0.25) is 5.02 Å². The molecule has 0 aliphatic heterocycles. The van der Waals surface area contributed by atoms with Crippen molar-refractivity contribution in [1.29, 1.82) is 0 Å². The molecule has 0 aliphatic carbocycles. The minimum Gasteiger partial charge on any atom is -0.497 e. The van der Waals surface area contributed by atoms with E-state index >= 15 is 0 Å². The molecule has 5 rings (SSSR count). The quantitative estimate of drug-likeness (QED) is 0.225. The van der Waals surface area contributed by atoms with E-state index in [2.05, 4.69) is 10.6 Å². The predicted molar refractivity (Wildman–Crippen MR) is 153 cm³/mol. The van der Waals surface area contributed by atoms with Crippen LogP contribution in [-0.4, -0.2) is 37.0 Å². The fourth-order valence-corrected chi connectivity index (χ4v) is 4.46. The summed E-state index contributed by atoms with van der Waals surface area (Å²) in [7, 11) is 4.81. The van der Waals surface area contributed by atoms with E-state index in [4.69, 9.17) is 30.9 Å². The number of fused-ring (bicyclic) bond motifs is 1. The van der Waals surface area contributed by atoms with Gasteiger partial charge in [-0.05, 0) is 66.7 Å². The first-order valence-electron chi connectivity index (χ1n) is 12.2. The summed E-state index contributed by atoms with van der Waals surface area (Å²) in [6, 6.07) is 26.0. The molecule has 0 unspecified atom stereocenters. The number of aromatic nitrogens is 2. The van der Waals surface area contributed by atoms with Crippen molar-refractivity contribution in [3.05, 3.63) is 101 Å². The van der Waals surface area contributed by atoms with Crippen molar-refractivity contribution in [2.75, 3.05) is 26.6 Å². The molecule has 1 heterocycles. The zero-order valence-electron chi connectivity index (χ0n) is 21.7. The van der Waals surface area contributed by atoms with Gasteiger partial charge >= 0.3 is 0 Å². The average molecular weight is 543 g/mol. The number of hydrogen-bond donors (Lipinski definition) is 2. The number of methoxy groups -OCH3 is 3. The van der Waals surface area contributed by atoms with Crippen LogP contribution >= 0.6 is 11.6 Å². The number of nitrogens with zero attached hydrogens (tertiary/aromatic N) is 2. The third-order valence-corrected chi connectivity index (χ3v) is 6.50. The Morgan fingerprint density at radius 3 is 2.41 bits per heavy atom. The Hall–Kier alpha value is -4.69. The number of nitrogens with one attached hydrogen (secondary N) is 2. The summed E-state index contributed by atoms with van der Waals surface area (Å²) in [6.07, 6.45) is 0. The highest BCUT2D eigenvalue weighted by Crippen LogP contribution is 2.32. The number of halogens is 1. The van der Waals surface area contributed by atoms with E-state index < -0.39 is 0 Å². The predicted octanol–water partition coefficient (Wildman–Crippen LogP) is 6.38. The molecule has 198 valence electrons. The van der Waals surface area contributed by atoms with Gasteiger partial charge in [-0.1, -0.05) is 23.7 Å². The molecular formula is C30H27ClN4O4. The number of anilines is 2. The van der Waals surface area contributed by atoms with Crippen molar-refractivity contribution in [3.8, 4) is 22.9 Å². The fraction of sp³-hybridized carbons (Fsp3) is 0.133. The maximum Gasteiger partial charge on any atom is 0.251 e. The van der Waals surface area contributed by atoms with Crippen molar-refractivity contribution in [1.82, 2.24) is 15.1 Å². The molecule has 0 aliphatic rings. The third-order valence-electron chi connectivity index (χ3n) is 6.26. The Bertz CT molecular complexity index is 1650. The molecule has 2 N–H and O–H groups in total. The van der Waals surface area contributed by atoms with E-state index in [0.717, 1.165) is 27.8 Å². The van der Waals surface area contributed by atoms with Gasteiger partial charge in [-0.15, -0.1) is 5.10 Å². The van der Waals surface area contributed by atoms with Crippen molar-refractivity contribution in [3.63, 3.8) is 0 Å². The van der Waals surface area contributed by atoms with Gasteiger partial charge in [0.25, 0.3) is 5.91 Å². The second kappa shape index (κ2) is 11.4. The second-order valence-electron chi connectivity index (χ2n) is 8.69. The first-order chi connectivity index (χ1) is 19.0. The molecule has 1 amide bonds. The molecule has 5 aromatic rings. The molecule has 9 heteroatoms. The Labute approximate surface area is 231 Å². The molecule has 0 fully saturated rings. The molecule has 0 atom stereocenters. The number of benzene rings is 4. The summed E-state index contributed by atoms with van der Waals surface area (Å²) in [4.78, 5) is 13.1. The number of carbonyl (C=O) groups is 1. The Morgan fingerprint density at radius 2 is 1.64 bits per heavy atom. The first-order valence-corrected chi connectivity index (χ1v) is 12.6. The smallest absolute Gasteiger partial charge is 0.251 e. The highest BCUT2D eigenvalue weighted by Gasteiger charge is 2.16. The van der Waals surface area contributed by atoms with Crippen LogP contribution in [0, 0.1) is 0 Å². The highest BCUT2D eigenvalue weighted by atomic mass is 35.5. The second-order valence-corrected chi connectivity index (χ2v) is 9.13. The first kappa shape index (κ1) is 25.9. The van der Waals surface area contributed by atoms with E-state index in [1.807, 2.05) is 66.7 Å². The molecule has 8 nitrogen and oxygen atoms in total. The summed E-state index contributed by atoms with van der Waals surface area (Å²) in [5.41, 5.74) is 3.73. The van der Waals surface area contributed by atoms with Crippen LogP contribution in [0.1, 0.15) is 15.9 Å². The van der Waals surface area contributed by atoms with Gasteiger partial charge in [-0.25, -0.2) is 4.68 Å². The van der Waals surface area contributed by atoms with Crippen molar-refractivity contribution >= 4 is 39.9 Å². The average Bonchev–Trinajstić information content (AvgIpc) is 3.33. The zero-order chi connectivity index (χ0) is 27.4. The maximum atomic E-state index is 13.1. The minimum absolute atomic E-state index is 0.217. The van der Waals surface area contributed by atoms with Gasteiger partial charge in [-0.3, -0.25) is 4.79 Å². The lowest BCUT2D eigenvalue weighted by Crippen LogP contribution is -2.23. The van der Waals surface area contributed by atoms with E-state index in [9.17, 15) is 4.79 Å². The fourth-order valence-electron chi connectivity index (χ4n) is 4.27. The lowest BCUT2D eigenvalue weighted by molar-refractivity contribution is 0.0950. The van der Waals surface area contributed by atoms with Crippen LogP contribution < -0.4 is 24.8 Å². The normalized spacial score (nSPS) is 10.8. The van der Waals surface area contributed by atoms with E-state index in [1.165, 1.54) is 0 Å². The van der Waals surface area contributed by atoms with Gasteiger partial charge in [0.05, 0.1) is 32.5 Å². The van der Waals surface area contributed by atoms with E-state index in [0.29, 0.717) is 40.2 Å². The summed E-state index contributed by atoms with van der Waals surface area (Å²) < 4.78 is 17.9. The highest BCUT2D eigenvalue weighted by molar-refractivity contribution is 6.30. The zero-order valence-corrected chi connectivity index (χ0v) is 22.5. The van der Waals surface area contributed by atoms with Crippen LogP contribution in [0.4, 0.5) is 11.5 Å². The number of ether oxygens (including phenoxy) is 3. The summed E-state index contributed by atoms with van der Waals surface area (Å²) in [5, 5.41) is 12.6. The lowest BCUT2D eigenvalue weighted by Gasteiger charge is -2.12. The largest absolute Gasteiger partial charge is 0.497 e. The van der Waals surface area contributed by atoms with Crippen LogP contribution in [0.5, 0.6) is 17.2 Å². The molecule has 4 aromatic carbocycles. The molecule has 0 saturated carbocycles. The molecular weight excluding hydrogens is 516 g/mol. The van der Waals surface area contributed by atoms with Gasteiger partial charge in [0.1, 0.15) is 17.2 Å². The third kappa shape index (κ3) is 5.61. The molecule has 0 radical (unpaired) electrons. The summed E-state index contributed by atoms with van der Waals surface area (Å²) in [6.45, 7) is 0.300. The van der Waals surface area contributed by atoms with Gasteiger partial charge in [0.2, 0.25) is 0 Å². The van der Waals surface area contributed by atoms with Gasteiger partial charge in [0, 0.05) is 39.8 Å². The lowest BCUT2D eigenvalue weighted by atomic mass is 10.1. The maximum absolute atomic E-state index is 13.1. The van der Waals surface area contributed by atoms with Crippen molar-refractivity contribution < 1.29 is 19.0 Å². The number of rotatable bonds is 9. The Balaban J connectivity index is 1.44. The van der Waals surface area contributed by atoms with Crippen LogP contribution in [-0.2, 0) is 6.54 Å². The number of amides is 1. The molecule has 0 bridgehead atoms. The number of carbonyl (C=O) groups excluding carboxylic acids is 1. The van der Waals surface area contributed by atoms with Crippen molar-refractivity contribution in [2.45, 2.75) is 6.54 Å². The van der Waals surface area contributed by atoms with E-state index in [-0.39, 0.29) is 5.91 Å². The monoisotopic (exact) mass is 542 g/mol. The van der Waals surface area contributed by atoms with Gasteiger partial charge in [0.15, 0.2) is 5.82 Å². The van der Waals surface area contributed by atoms with Gasteiger partial charge in [-0.2, -0.15) is 0 Å². The molecule has 0 saturated heterocycles. The van der Waals surface area contributed by atoms with Gasteiger partial charge < -0.3 is 24.8 Å². The Morgan fingerprint density at radius 1 is 0.872 bits per heavy atom. The number of hydrogen-bond acceptors (Lipinski definition) is 6. The molecule has 1 aromatic heterocycles. The Kier molecular flexibility index (Phi) is 7.56. The standard InChI is InChI=1S/C30H27ClN4O4/c1-37-24-12-13-27-26(16-24)29(33-22-8-5-7-21(31)15-22)34-35(27)23-9-4-6-19(14-23)30(36)32-18-20-10-11-25(38-2)17-28(20)39-3/h4-17H,18H2,1-3H3,(H,32,36)(H,33,34). The summed E-state index contributed by atoms with van der Waals surface area (Å²) >= 11 is 6.18. The molecule has 0 spiro atoms. The van der Waals surface area contributed by atoms with Crippen LogP contribution in [0.15, 0.2) is 84.9 Å². The molecule has 39 heavy (non-hydrogen) atoms. The summed E-state index contributed by atoms with van der Waals surface area (Å²) in [5.74, 6) is 2.44. The topological polar surface area (TPSA) is 86.6 Å². The van der Waals surface area contributed by atoms with E-state index in [1.54, 1.807) is 44.2 Å². The van der Waals surface area contributed by atoms with Crippen LogP contribution in [0.25, 0.3) is 16.6 Å².